The molecule has 7 rings (SSSR count). The molecule has 0 aliphatic carbocycles. The Morgan fingerprint density at radius 1 is 0.974 bits per heavy atom. The predicted octanol–water partition coefficient (Wildman–Crippen LogP) is 2.73. The second-order valence-corrected chi connectivity index (χ2v) is 9.24. The number of nitrogens with one attached hydrogen (secondary N) is 2. The summed E-state index contributed by atoms with van der Waals surface area (Å²) in [7, 11) is 0. The van der Waals surface area contributed by atoms with Crippen molar-refractivity contribution >= 4 is 22.5 Å². The number of hydrogen-bond acceptors (Lipinski definition) is 9. The molecule has 0 bridgehead atoms. The normalized spacial score (nSPS) is 22.1. The molecular weight excluding hydrogens is 502 g/mol. The Labute approximate surface area is 221 Å². The maximum Gasteiger partial charge on any atom is 0.341 e. The number of nitrogens with zero attached hydrogens (tertiary/aromatic N) is 7. The molecule has 2 aromatic heterocycles. The summed E-state index contributed by atoms with van der Waals surface area (Å²) in [5, 5.41) is 24.1. The number of urea groups is 1. The van der Waals surface area contributed by atoms with Gasteiger partial charge in [0.25, 0.3) is 0 Å². The van der Waals surface area contributed by atoms with Crippen LogP contribution >= 0.6 is 0 Å². The van der Waals surface area contributed by atoms with Gasteiger partial charge in [-0.1, -0.05) is 41.5 Å². The van der Waals surface area contributed by atoms with Crippen LogP contribution in [0.1, 0.15) is 6.04 Å². The van der Waals surface area contributed by atoms with Gasteiger partial charge in [0.15, 0.2) is 0 Å². The fourth-order valence-corrected chi connectivity index (χ4v) is 5.05. The molecule has 2 aliphatic heterocycles. The number of rotatable bonds is 6. The van der Waals surface area contributed by atoms with Gasteiger partial charge in [-0.25, -0.2) is 14.5 Å². The van der Waals surface area contributed by atoms with E-state index < -0.39 is 0 Å². The number of carbonyl (C=O) groups excluding carboxylic acids is 1. The van der Waals surface area contributed by atoms with Crippen molar-refractivity contribution in [3.63, 3.8) is 0 Å². The average molecular weight is 526 g/mol. The van der Waals surface area contributed by atoms with E-state index in [9.17, 15) is 4.79 Å². The molecule has 2 saturated heterocycles. The summed E-state index contributed by atoms with van der Waals surface area (Å²) in [6.45, 7) is 0.613. The van der Waals surface area contributed by atoms with Gasteiger partial charge in [-0.2, -0.15) is 9.78 Å². The highest BCUT2D eigenvalue weighted by Crippen LogP contribution is 2.36. The predicted molar refractivity (Wildman–Crippen MR) is 138 cm³/mol. The van der Waals surface area contributed by atoms with Gasteiger partial charge in [0.05, 0.1) is 30.6 Å². The number of anilines is 1. The van der Waals surface area contributed by atoms with Gasteiger partial charge in [-0.3, -0.25) is 0 Å². The summed E-state index contributed by atoms with van der Waals surface area (Å²) in [5.74, 6) is 0.558. The van der Waals surface area contributed by atoms with Crippen molar-refractivity contribution in [2.45, 2.75) is 24.3 Å². The van der Waals surface area contributed by atoms with E-state index in [-0.39, 0.29) is 36.3 Å². The Morgan fingerprint density at radius 2 is 1.82 bits per heavy atom. The fraction of sp³-hybridized carbons (Fsp3) is 0.231. The highest BCUT2D eigenvalue weighted by atomic mass is 16.6. The van der Waals surface area contributed by atoms with Crippen molar-refractivity contribution in [1.29, 1.82) is 0 Å². The maximum absolute atomic E-state index is 12.9. The Hall–Kier alpha value is -4.88. The molecule has 0 radical (unpaired) electrons. The highest BCUT2D eigenvalue weighted by molar-refractivity contribution is 6.01. The summed E-state index contributed by atoms with van der Waals surface area (Å²) in [6.07, 6.45) is 2.38. The van der Waals surface area contributed by atoms with Crippen LogP contribution in [0.2, 0.25) is 0 Å². The summed E-state index contributed by atoms with van der Waals surface area (Å²) in [4.78, 5) is 16.8. The third-order valence-electron chi connectivity index (χ3n) is 6.89. The lowest BCUT2D eigenvalue weighted by atomic mass is 10.1. The second kappa shape index (κ2) is 9.78. The van der Waals surface area contributed by atoms with E-state index in [1.54, 1.807) is 27.8 Å². The van der Waals surface area contributed by atoms with E-state index in [0.717, 1.165) is 22.1 Å². The number of tetrazole rings is 1. The zero-order valence-electron chi connectivity index (χ0n) is 20.5. The van der Waals surface area contributed by atoms with Crippen LogP contribution in [-0.4, -0.2) is 72.5 Å². The number of benzene rings is 3. The number of fused-ring (bicyclic) bond motifs is 2. The van der Waals surface area contributed by atoms with E-state index in [0.29, 0.717) is 19.0 Å². The van der Waals surface area contributed by atoms with Gasteiger partial charge < -0.3 is 24.8 Å². The molecule has 0 saturated carbocycles. The number of amides is 2. The first kappa shape index (κ1) is 23.3. The van der Waals surface area contributed by atoms with E-state index >= 15 is 0 Å². The Balaban J connectivity index is 1.01. The molecule has 39 heavy (non-hydrogen) atoms. The van der Waals surface area contributed by atoms with E-state index in [2.05, 4.69) is 36.2 Å². The molecule has 4 unspecified atom stereocenters. The van der Waals surface area contributed by atoms with Crippen LogP contribution in [0, 0.1) is 0 Å². The summed E-state index contributed by atoms with van der Waals surface area (Å²) < 4.78 is 21.3. The van der Waals surface area contributed by atoms with Gasteiger partial charge in [0, 0.05) is 5.39 Å². The van der Waals surface area contributed by atoms with Crippen molar-refractivity contribution in [3.05, 3.63) is 79.4 Å². The van der Waals surface area contributed by atoms with Crippen LogP contribution < -0.4 is 15.4 Å². The zero-order valence-corrected chi connectivity index (χ0v) is 20.5. The molecule has 2 N–H and O–H groups in total. The van der Waals surface area contributed by atoms with Crippen molar-refractivity contribution in [1.82, 2.24) is 40.3 Å². The van der Waals surface area contributed by atoms with Crippen LogP contribution in [0.25, 0.3) is 16.5 Å². The largest absolute Gasteiger partial charge is 0.423 e. The molecule has 13 heteroatoms. The molecule has 4 heterocycles. The van der Waals surface area contributed by atoms with Gasteiger partial charge in [0.2, 0.25) is 0 Å². The van der Waals surface area contributed by atoms with Gasteiger partial charge in [-0.05, 0) is 46.1 Å². The quantitative estimate of drug-likeness (QED) is 0.342. The Bertz CT molecular complexity index is 1600. The second-order valence-electron chi connectivity index (χ2n) is 9.24. The van der Waals surface area contributed by atoms with Crippen molar-refractivity contribution in [2.75, 3.05) is 18.5 Å². The zero-order chi connectivity index (χ0) is 26.2. The monoisotopic (exact) mass is 525 g/mol. The molecule has 13 nitrogen and oxygen atoms in total. The number of ether oxygens (including phenoxy) is 3. The smallest absolute Gasteiger partial charge is 0.341 e. The summed E-state index contributed by atoms with van der Waals surface area (Å²) in [5.41, 5.74) is 1.57. The average Bonchev–Trinajstić information content (AvgIpc) is 3.77. The molecule has 196 valence electrons. The van der Waals surface area contributed by atoms with Crippen LogP contribution in [0.15, 0.2) is 79.4 Å². The topological polar surface area (TPSA) is 143 Å². The van der Waals surface area contributed by atoms with E-state index in [4.69, 9.17) is 14.2 Å². The van der Waals surface area contributed by atoms with Gasteiger partial charge >= 0.3 is 12.0 Å². The van der Waals surface area contributed by atoms with Crippen LogP contribution in [0.5, 0.6) is 11.8 Å². The molecule has 4 atom stereocenters. The minimum Gasteiger partial charge on any atom is -0.423 e. The van der Waals surface area contributed by atoms with Gasteiger partial charge in [0.1, 0.15) is 36.7 Å². The first-order valence-electron chi connectivity index (χ1n) is 12.4. The van der Waals surface area contributed by atoms with Crippen LogP contribution in [0.4, 0.5) is 10.5 Å². The minimum absolute atomic E-state index is 0.214. The van der Waals surface area contributed by atoms with Crippen molar-refractivity contribution < 1.29 is 19.0 Å². The molecular formula is C26H23N9O4. The SMILES string of the molecule is O=C(Nc1cccc2ccccc12)NC1COC2C1OCC2n1nnnc1Oc1ccc(-n2cncn2)cc1. The molecule has 5 aromatic rings. The lowest BCUT2D eigenvalue weighted by Crippen LogP contribution is -2.45. The molecule has 3 aromatic carbocycles. The summed E-state index contributed by atoms with van der Waals surface area (Å²) in [6, 6.07) is 20.2. The summed E-state index contributed by atoms with van der Waals surface area (Å²) >= 11 is 0. The minimum atomic E-state index is -0.354. The first-order chi connectivity index (χ1) is 19.2. The standard InChI is InChI=1S/C26H23N9O4/c36-25(29-20-7-3-5-16-4-1-2-6-19(16)20)30-21-12-37-24-22(13-38-23(21)24)35-26(31-32-33-35)39-18-10-8-17(9-11-18)34-15-27-14-28-34/h1-11,14-15,21-24H,12-13H2,(H2,29,30,36). The van der Waals surface area contributed by atoms with Gasteiger partial charge in [-0.15, -0.1) is 0 Å². The molecule has 0 spiro atoms. The third kappa shape index (κ3) is 4.43. The van der Waals surface area contributed by atoms with Crippen LogP contribution in [-0.2, 0) is 9.47 Å². The number of hydrogen-bond donors (Lipinski definition) is 2. The molecule has 2 amide bonds. The molecule has 2 fully saturated rings. The Kier molecular flexibility index (Phi) is 5.83. The van der Waals surface area contributed by atoms with Crippen molar-refractivity contribution in [2.24, 2.45) is 0 Å². The lowest BCUT2D eigenvalue weighted by molar-refractivity contribution is 0.0613. The highest BCUT2D eigenvalue weighted by Gasteiger charge is 2.50. The maximum atomic E-state index is 12.9. The van der Waals surface area contributed by atoms with E-state index in [1.807, 2.05) is 54.6 Å². The lowest BCUT2D eigenvalue weighted by Gasteiger charge is -2.18. The van der Waals surface area contributed by atoms with E-state index in [1.165, 1.54) is 6.33 Å². The van der Waals surface area contributed by atoms with Crippen molar-refractivity contribution in [3.8, 4) is 17.4 Å². The number of aromatic nitrogens is 7. The first-order valence-corrected chi connectivity index (χ1v) is 12.4. The fourth-order valence-electron chi connectivity index (χ4n) is 5.05. The number of carbonyl (C=O) groups is 1. The third-order valence-corrected chi connectivity index (χ3v) is 6.89. The van der Waals surface area contributed by atoms with Crippen LogP contribution in [0.3, 0.4) is 0 Å². The Morgan fingerprint density at radius 3 is 2.69 bits per heavy atom. The molecule has 2 aliphatic rings.